The molecule has 1 fully saturated rings. The number of halogens is 1. The number of piperazine rings is 1. The van der Waals surface area contributed by atoms with Crippen LogP contribution in [-0.4, -0.2) is 54.3 Å². The standard InChI is InChI=1S/C22H23ClN4O2/c1-29-19-7-5-17(6-8-19)20-15-21(25-24-20)26-9-11-27(12-10-26)22(28)14-16-3-2-4-18(23)13-16/h2-8,13,15H,9-12,14H2,1H3,(H,24,25). The van der Waals surface area contributed by atoms with Gasteiger partial charge in [-0.25, -0.2) is 0 Å². The third kappa shape index (κ3) is 4.54. The Balaban J connectivity index is 1.34. The number of carbonyl (C=O) groups is 1. The molecular formula is C22H23ClN4O2. The average molecular weight is 411 g/mol. The highest BCUT2D eigenvalue weighted by Gasteiger charge is 2.23. The monoisotopic (exact) mass is 410 g/mol. The second kappa shape index (κ2) is 8.57. The maximum Gasteiger partial charge on any atom is 0.227 e. The van der Waals surface area contributed by atoms with E-state index in [1.807, 2.05) is 59.5 Å². The summed E-state index contributed by atoms with van der Waals surface area (Å²) in [6, 6.07) is 17.4. The Morgan fingerprint density at radius 1 is 1.10 bits per heavy atom. The lowest BCUT2D eigenvalue weighted by atomic mass is 10.1. The van der Waals surface area contributed by atoms with Gasteiger partial charge in [-0.1, -0.05) is 23.7 Å². The quantitative estimate of drug-likeness (QED) is 0.697. The van der Waals surface area contributed by atoms with Crippen LogP contribution in [0.25, 0.3) is 11.3 Å². The lowest BCUT2D eigenvalue weighted by molar-refractivity contribution is -0.130. The molecule has 3 aromatic rings. The van der Waals surface area contributed by atoms with Crippen LogP contribution in [0.2, 0.25) is 5.02 Å². The molecule has 0 spiro atoms. The predicted octanol–water partition coefficient (Wildman–Crippen LogP) is 3.63. The number of hydrogen-bond acceptors (Lipinski definition) is 4. The maximum absolute atomic E-state index is 12.6. The fourth-order valence-electron chi connectivity index (χ4n) is 3.51. The predicted molar refractivity (Wildman–Crippen MR) is 115 cm³/mol. The summed E-state index contributed by atoms with van der Waals surface area (Å²) in [7, 11) is 1.66. The number of hydrogen-bond donors (Lipinski definition) is 1. The van der Waals surface area contributed by atoms with E-state index in [0.717, 1.165) is 41.5 Å². The number of benzene rings is 2. The van der Waals surface area contributed by atoms with Crippen molar-refractivity contribution in [3.63, 3.8) is 0 Å². The molecule has 29 heavy (non-hydrogen) atoms. The van der Waals surface area contributed by atoms with E-state index in [0.29, 0.717) is 24.5 Å². The van der Waals surface area contributed by atoms with Gasteiger partial charge in [0.2, 0.25) is 5.91 Å². The van der Waals surface area contributed by atoms with E-state index < -0.39 is 0 Å². The fourth-order valence-corrected chi connectivity index (χ4v) is 3.72. The van der Waals surface area contributed by atoms with E-state index in [9.17, 15) is 4.79 Å². The Hall–Kier alpha value is -2.99. The zero-order valence-corrected chi connectivity index (χ0v) is 17.0. The molecule has 0 atom stereocenters. The van der Waals surface area contributed by atoms with Crippen molar-refractivity contribution in [1.82, 2.24) is 15.1 Å². The molecular weight excluding hydrogens is 388 g/mol. The molecule has 1 aliphatic heterocycles. The minimum Gasteiger partial charge on any atom is -0.497 e. The van der Waals surface area contributed by atoms with Crippen molar-refractivity contribution in [3.8, 4) is 17.0 Å². The number of nitrogens with one attached hydrogen (secondary N) is 1. The first-order valence-electron chi connectivity index (χ1n) is 9.59. The molecule has 0 radical (unpaired) electrons. The summed E-state index contributed by atoms with van der Waals surface area (Å²) >= 11 is 6.01. The van der Waals surface area contributed by atoms with E-state index in [-0.39, 0.29) is 5.91 Å². The van der Waals surface area contributed by atoms with Gasteiger partial charge in [0.15, 0.2) is 5.82 Å². The van der Waals surface area contributed by atoms with Gasteiger partial charge in [-0.3, -0.25) is 9.89 Å². The van der Waals surface area contributed by atoms with Gasteiger partial charge in [0.05, 0.1) is 19.2 Å². The number of carbonyl (C=O) groups excluding carboxylic acids is 1. The van der Waals surface area contributed by atoms with Gasteiger partial charge in [-0.05, 0) is 47.5 Å². The molecule has 1 saturated heterocycles. The summed E-state index contributed by atoms with van der Waals surface area (Å²) in [4.78, 5) is 16.7. The van der Waals surface area contributed by atoms with Crippen LogP contribution < -0.4 is 9.64 Å². The van der Waals surface area contributed by atoms with Gasteiger partial charge in [0.1, 0.15) is 5.75 Å². The number of H-pyrrole nitrogens is 1. The Kier molecular flexibility index (Phi) is 5.71. The number of anilines is 1. The molecule has 0 aliphatic carbocycles. The first kappa shape index (κ1) is 19.3. The molecule has 0 unspecified atom stereocenters. The molecule has 6 nitrogen and oxygen atoms in total. The summed E-state index contributed by atoms with van der Waals surface area (Å²) in [5, 5.41) is 8.22. The largest absolute Gasteiger partial charge is 0.497 e. The van der Waals surface area contributed by atoms with Crippen molar-refractivity contribution in [2.75, 3.05) is 38.2 Å². The zero-order valence-electron chi connectivity index (χ0n) is 16.3. The average Bonchev–Trinajstić information content (AvgIpc) is 3.24. The third-order valence-electron chi connectivity index (χ3n) is 5.17. The van der Waals surface area contributed by atoms with Crippen molar-refractivity contribution in [1.29, 1.82) is 0 Å². The van der Waals surface area contributed by atoms with Crippen molar-refractivity contribution in [2.45, 2.75) is 6.42 Å². The Morgan fingerprint density at radius 3 is 2.55 bits per heavy atom. The first-order chi connectivity index (χ1) is 14.1. The van der Waals surface area contributed by atoms with Crippen molar-refractivity contribution in [2.24, 2.45) is 0 Å². The number of amides is 1. The molecule has 7 heteroatoms. The van der Waals surface area contributed by atoms with Crippen LogP contribution in [-0.2, 0) is 11.2 Å². The summed E-state index contributed by atoms with van der Waals surface area (Å²) in [6.45, 7) is 2.89. The summed E-state index contributed by atoms with van der Waals surface area (Å²) in [5.41, 5.74) is 2.96. The first-order valence-corrected chi connectivity index (χ1v) is 9.97. The Bertz CT molecular complexity index is 978. The van der Waals surface area contributed by atoms with Gasteiger partial charge in [-0.2, -0.15) is 5.10 Å². The molecule has 1 aromatic heterocycles. The number of aromatic amines is 1. The van der Waals surface area contributed by atoms with Crippen LogP contribution in [0.15, 0.2) is 54.6 Å². The summed E-state index contributed by atoms with van der Waals surface area (Å²) in [6.07, 6.45) is 0.380. The molecule has 150 valence electrons. The van der Waals surface area contributed by atoms with Crippen LogP contribution in [0.4, 0.5) is 5.82 Å². The lowest BCUT2D eigenvalue weighted by Crippen LogP contribution is -2.49. The highest BCUT2D eigenvalue weighted by molar-refractivity contribution is 6.30. The van der Waals surface area contributed by atoms with Gasteiger partial charge in [0, 0.05) is 37.3 Å². The number of rotatable bonds is 5. The number of nitrogens with zero attached hydrogens (tertiary/aromatic N) is 3. The van der Waals surface area contributed by atoms with Gasteiger partial charge in [0.25, 0.3) is 0 Å². The van der Waals surface area contributed by atoms with Crippen molar-refractivity contribution < 1.29 is 9.53 Å². The van der Waals surface area contributed by atoms with Gasteiger partial charge >= 0.3 is 0 Å². The van der Waals surface area contributed by atoms with E-state index in [1.165, 1.54) is 0 Å². The zero-order chi connectivity index (χ0) is 20.2. The third-order valence-corrected chi connectivity index (χ3v) is 5.40. The molecule has 2 aromatic carbocycles. The van der Waals surface area contributed by atoms with E-state index in [1.54, 1.807) is 7.11 Å². The Labute approximate surface area is 175 Å². The van der Waals surface area contributed by atoms with Crippen LogP contribution in [0.1, 0.15) is 5.56 Å². The van der Waals surface area contributed by atoms with Crippen LogP contribution in [0, 0.1) is 0 Å². The smallest absolute Gasteiger partial charge is 0.227 e. The minimum absolute atomic E-state index is 0.132. The SMILES string of the molecule is COc1ccc(-c2cc(N3CCN(C(=O)Cc4cccc(Cl)c4)CC3)n[nH]2)cc1. The second-order valence-corrected chi connectivity index (χ2v) is 7.48. The maximum atomic E-state index is 12.6. The summed E-state index contributed by atoms with van der Waals surface area (Å²) in [5.74, 6) is 1.86. The number of methoxy groups -OCH3 is 1. The van der Waals surface area contributed by atoms with E-state index in [2.05, 4.69) is 15.1 Å². The van der Waals surface area contributed by atoms with Crippen molar-refractivity contribution >= 4 is 23.3 Å². The van der Waals surface area contributed by atoms with Crippen LogP contribution >= 0.6 is 11.6 Å². The van der Waals surface area contributed by atoms with Gasteiger partial charge in [-0.15, -0.1) is 0 Å². The van der Waals surface area contributed by atoms with Gasteiger partial charge < -0.3 is 14.5 Å². The number of aromatic nitrogens is 2. The Morgan fingerprint density at radius 2 is 1.86 bits per heavy atom. The molecule has 1 amide bonds. The lowest BCUT2D eigenvalue weighted by Gasteiger charge is -2.34. The topological polar surface area (TPSA) is 61.5 Å². The molecule has 0 bridgehead atoms. The molecule has 1 N–H and O–H groups in total. The highest BCUT2D eigenvalue weighted by Crippen LogP contribution is 2.24. The molecule has 4 rings (SSSR count). The fraction of sp³-hybridized carbons (Fsp3) is 0.273. The second-order valence-electron chi connectivity index (χ2n) is 7.04. The van der Waals surface area contributed by atoms with E-state index in [4.69, 9.17) is 16.3 Å². The summed E-state index contributed by atoms with van der Waals surface area (Å²) < 4.78 is 5.21. The van der Waals surface area contributed by atoms with Crippen molar-refractivity contribution in [3.05, 3.63) is 65.2 Å². The molecule has 0 saturated carbocycles. The molecule has 2 heterocycles. The molecule has 1 aliphatic rings. The van der Waals surface area contributed by atoms with E-state index >= 15 is 0 Å². The highest BCUT2D eigenvalue weighted by atomic mass is 35.5. The minimum atomic E-state index is 0.132. The normalized spacial score (nSPS) is 14.1. The van der Waals surface area contributed by atoms with Crippen LogP contribution in [0.3, 0.4) is 0 Å². The number of ether oxygens (including phenoxy) is 1. The van der Waals surface area contributed by atoms with Crippen LogP contribution in [0.5, 0.6) is 5.75 Å².